The van der Waals surface area contributed by atoms with E-state index >= 15 is 0 Å². The Hall–Kier alpha value is -0.770. The second-order valence-electron chi connectivity index (χ2n) is 7.21. The molecule has 4 unspecified atom stereocenters. The van der Waals surface area contributed by atoms with Gasteiger partial charge >= 0.3 is 0 Å². The number of nitrogens with one attached hydrogen (secondary N) is 2. The van der Waals surface area contributed by atoms with Crippen LogP contribution in [0.15, 0.2) is 4.99 Å². The minimum Gasteiger partial charge on any atom is -0.355 e. The Morgan fingerprint density at radius 3 is 2.55 bits per heavy atom. The summed E-state index contributed by atoms with van der Waals surface area (Å²) in [6.45, 7) is 5.66. The Morgan fingerprint density at radius 1 is 1.35 bits per heavy atom. The van der Waals surface area contributed by atoms with Gasteiger partial charge in [-0.3, -0.25) is 4.99 Å². The number of hydrogen-bond acceptors (Lipinski definition) is 2. The van der Waals surface area contributed by atoms with E-state index in [4.69, 9.17) is 0 Å². The highest BCUT2D eigenvalue weighted by molar-refractivity contribution is 5.80. The summed E-state index contributed by atoms with van der Waals surface area (Å²) in [5.41, 5.74) is 0.282. The summed E-state index contributed by atoms with van der Waals surface area (Å²) in [7, 11) is 6.31. The van der Waals surface area contributed by atoms with E-state index in [1.54, 1.807) is 0 Å². The summed E-state index contributed by atoms with van der Waals surface area (Å²) in [6, 6.07) is 0.627. The van der Waals surface area contributed by atoms with Crippen molar-refractivity contribution in [3.63, 3.8) is 0 Å². The molecule has 0 bridgehead atoms. The van der Waals surface area contributed by atoms with Crippen LogP contribution in [0.5, 0.6) is 0 Å². The molecule has 0 aromatic rings. The zero-order valence-corrected chi connectivity index (χ0v) is 13.9. The summed E-state index contributed by atoms with van der Waals surface area (Å²) in [5.74, 6) is 2.59. The lowest BCUT2D eigenvalue weighted by atomic mass is 9.75. The number of hydrogen-bond donors (Lipinski definition) is 2. The Labute approximate surface area is 124 Å². The second kappa shape index (κ2) is 6.33. The summed E-state index contributed by atoms with van der Waals surface area (Å²) in [4.78, 5) is 6.79. The normalized spacial score (nSPS) is 37.9. The van der Waals surface area contributed by atoms with Crippen molar-refractivity contribution in [1.29, 1.82) is 0 Å². The molecule has 0 heterocycles. The standard InChI is InChI=1S/C16H32N4/c1-12-7-6-8-16(10-12,20(4)5)11-18-15(17-3)19-14-9-13(14)2/h12-14H,6-11H2,1-5H3,(H2,17,18,19). The van der Waals surface area contributed by atoms with Crippen LogP contribution in [0.2, 0.25) is 0 Å². The molecule has 2 fully saturated rings. The first-order chi connectivity index (χ1) is 9.47. The molecule has 0 radical (unpaired) electrons. The largest absolute Gasteiger partial charge is 0.355 e. The fourth-order valence-corrected chi connectivity index (χ4v) is 3.50. The van der Waals surface area contributed by atoms with Gasteiger partial charge in [0.25, 0.3) is 0 Å². The topological polar surface area (TPSA) is 39.7 Å². The van der Waals surface area contributed by atoms with Crippen LogP contribution in [0.25, 0.3) is 0 Å². The lowest BCUT2D eigenvalue weighted by molar-refractivity contribution is 0.0795. The van der Waals surface area contributed by atoms with Gasteiger partial charge in [-0.2, -0.15) is 0 Å². The maximum Gasteiger partial charge on any atom is 0.191 e. The minimum absolute atomic E-state index is 0.282. The molecule has 116 valence electrons. The van der Waals surface area contributed by atoms with Crippen LogP contribution in [-0.2, 0) is 0 Å². The highest BCUT2D eigenvalue weighted by Gasteiger charge is 2.38. The zero-order chi connectivity index (χ0) is 14.8. The third-order valence-corrected chi connectivity index (χ3v) is 5.26. The van der Waals surface area contributed by atoms with Crippen molar-refractivity contribution in [3.05, 3.63) is 0 Å². The van der Waals surface area contributed by atoms with Crippen molar-refractivity contribution in [3.8, 4) is 0 Å². The third-order valence-electron chi connectivity index (χ3n) is 5.26. The first-order valence-electron chi connectivity index (χ1n) is 8.11. The van der Waals surface area contributed by atoms with E-state index < -0.39 is 0 Å². The van der Waals surface area contributed by atoms with Crippen LogP contribution in [-0.4, -0.2) is 50.1 Å². The van der Waals surface area contributed by atoms with Gasteiger partial charge in [-0.15, -0.1) is 0 Å². The van der Waals surface area contributed by atoms with E-state index in [-0.39, 0.29) is 5.54 Å². The molecule has 2 aliphatic carbocycles. The third kappa shape index (κ3) is 3.66. The van der Waals surface area contributed by atoms with Crippen LogP contribution < -0.4 is 10.6 Å². The molecule has 0 aliphatic heterocycles. The van der Waals surface area contributed by atoms with Gasteiger partial charge in [0.05, 0.1) is 0 Å². The first kappa shape index (κ1) is 15.6. The van der Waals surface area contributed by atoms with E-state index in [1.807, 2.05) is 7.05 Å². The summed E-state index contributed by atoms with van der Waals surface area (Å²) < 4.78 is 0. The Bertz CT molecular complexity index is 352. The molecule has 2 aliphatic rings. The lowest BCUT2D eigenvalue weighted by Gasteiger charge is -2.45. The fourth-order valence-electron chi connectivity index (χ4n) is 3.50. The predicted molar refractivity (Wildman–Crippen MR) is 86.1 cm³/mol. The monoisotopic (exact) mass is 280 g/mol. The van der Waals surface area contributed by atoms with Gasteiger partial charge in [0.1, 0.15) is 0 Å². The smallest absolute Gasteiger partial charge is 0.191 e. The average molecular weight is 280 g/mol. The molecular formula is C16H32N4. The highest BCUT2D eigenvalue weighted by atomic mass is 15.2. The van der Waals surface area contributed by atoms with Gasteiger partial charge in [0.15, 0.2) is 5.96 Å². The van der Waals surface area contributed by atoms with Crippen LogP contribution in [0.3, 0.4) is 0 Å². The van der Waals surface area contributed by atoms with E-state index in [0.717, 1.165) is 24.3 Å². The molecule has 4 nitrogen and oxygen atoms in total. The second-order valence-corrected chi connectivity index (χ2v) is 7.21. The molecule has 2 saturated carbocycles. The number of likely N-dealkylation sites (N-methyl/N-ethyl adjacent to an activating group) is 1. The molecule has 2 N–H and O–H groups in total. The molecule has 0 amide bonds. The van der Waals surface area contributed by atoms with Gasteiger partial charge in [-0.25, -0.2) is 0 Å². The Morgan fingerprint density at radius 2 is 2.05 bits per heavy atom. The van der Waals surface area contributed by atoms with E-state index in [2.05, 4.69) is 48.5 Å². The molecule has 0 aromatic heterocycles. The Kier molecular flexibility index (Phi) is 4.95. The van der Waals surface area contributed by atoms with Crippen molar-refractivity contribution in [2.45, 2.75) is 57.5 Å². The first-order valence-corrected chi connectivity index (χ1v) is 8.11. The van der Waals surface area contributed by atoms with Crippen LogP contribution in [0.4, 0.5) is 0 Å². The van der Waals surface area contributed by atoms with E-state index in [1.165, 1.54) is 32.1 Å². The van der Waals surface area contributed by atoms with Gasteiger partial charge in [-0.05, 0) is 45.2 Å². The highest BCUT2D eigenvalue weighted by Crippen LogP contribution is 2.35. The van der Waals surface area contributed by atoms with Gasteiger partial charge < -0.3 is 15.5 Å². The van der Waals surface area contributed by atoms with Crippen molar-refractivity contribution >= 4 is 5.96 Å². The van der Waals surface area contributed by atoms with Crippen molar-refractivity contribution in [2.24, 2.45) is 16.8 Å². The molecule has 0 saturated heterocycles. The number of aliphatic imine (C=N–C) groups is 1. The van der Waals surface area contributed by atoms with Crippen molar-refractivity contribution in [1.82, 2.24) is 15.5 Å². The van der Waals surface area contributed by atoms with Gasteiger partial charge in [0, 0.05) is 25.2 Å². The van der Waals surface area contributed by atoms with Gasteiger partial charge in [0.2, 0.25) is 0 Å². The van der Waals surface area contributed by atoms with Crippen molar-refractivity contribution < 1.29 is 0 Å². The van der Waals surface area contributed by atoms with E-state index in [9.17, 15) is 0 Å². The van der Waals surface area contributed by atoms with Crippen LogP contribution in [0.1, 0.15) is 46.0 Å². The lowest BCUT2D eigenvalue weighted by Crippen LogP contribution is -2.56. The molecule has 2 rings (SSSR count). The maximum absolute atomic E-state index is 4.37. The number of nitrogens with zero attached hydrogens (tertiary/aromatic N) is 2. The molecule has 0 spiro atoms. The van der Waals surface area contributed by atoms with Crippen molar-refractivity contribution in [2.75, 3.05) is 27.7 Å². The fraction of sp³-hybridized carbons (Fsp3) is 0.938. The summed E-state index contributed by atoms with van der Waals surface area (Å²) in [6.07, 6.45) is 6.56. The SMILES string of the molecule is CN=C(NCC1(N(C)C)CCCC(C)C1)NC1CC1C. The molecular weight excluding hydrogens is 248 g/mol. The summed E-state index contributed by atoms with van der Waals surface area (Å²) in [5, 5.41) is 7.09. The number of guanidine groups is 1. The maximum atomic E-state index is 4.37. The average Bonchev–Trinajstić information content (AvgIpc) is 3.10. The molecule has 0 aromatic carbocycles. The molecule has 4 heteroatoms. The molecule has 20 heavy (non-hydrogen) atoms. The van der Waals surface area contributed by atoms with Gasteiger partial charge in [-0.1, -0.05) is 26.7 Å². The minimum atomic E-state index is 0.282. The zero-order valence-electron chi connectivity index (χ0n) is 13.9. The summed E-state index contributed by atoms with van der Waals surface area (Å²) >= 11 is 0. The Balaban J connectivity index is 1.91. The quantitative estimate of drug-likeness (QED) is 0.612. The predicted octanol–water partition coefficient (Wildman–Crippen LogP) is 2.07. The number of rotatable bonds is 4. The molecule has 4 atom stereocenters. The van der Waals surface area contributed by atoms with Crippen LogP contribution in [0, 0.1) is 11.8 Å². The van der Waals surface area contributed by atoms with E-state index in [0.29, 0.717) is 6.04 Å². The van der Waals surface area contributed by atoms with Crippen LogP contribution >= 0.6 is 0 Å².